The molecule has 0 N–H and O–H groups in total. The molecular formula is C15H18FN3O5. The number of amides is 2. The third-order valence-corrected chi connectivity index (χ3v) is 3.31. The molecule has 2 amide bonds. The Hall–Kier alpha value is -2.71. The number of hydrogen-bond donors (Lipinski definition) is 0. The van der Waals surface area contributed by atoms with Gasteiger partial charge in [0.05, 0.1) is 10.6 Å². The van der Waals surface area contributed by atoms with E-state index in [-0.39, 0.29) is 25.3 Å². The monoisotopic (exact) mass is 339 g/mol. The lowest BCUT2D eigenvalue weighted by Crippen LogP contribution is -2.53. The second-order valence-electron chi connectivity index (χ2n) is 6.34. The summed E-state index contributed by atoms with van der Waals surface area (Å²) in [6.45, 7) is 5.31. The van der Waals surface area contributed by atoms with E-state index in [9.17, 15) is 24.1 Å². The molecule has 0 aliphatic carbocycles. The standard InChI is InChI=1S/C15H18FN3O5/c1-15(2,3)24-14(21)17-6-7-18(13(20)9-17)10-4-5-11(16)12(8-10)19(22)23/h4-5,8H,6-7,9H2,1-3H3. The highest BCUT2D eigenvalue weighted by Crippen LogP contribution is 2.26. The summed E-state index contributed by atoms with van der Waals surface area (Å²) in [6, 6.07) is 3.25. The Bertz CT molecular complexity index is 686. The van der Waals surface area contributed by atoms with Crippen molar-refractivity contribution in [3.8, 4) is 0 Å². The quantitative estimate of drug-likeness (QED) is 0.609. The van der Waals surface area contributed by atoms with E-state index in [1.165, 1.54) is 15.9 Å². The number of anilines is 1. The summed E-state index contributed by atoms with van der Waals surface area (Å²) in [6.07, 6.45) is -0.597. The number of carbonyl (C=O) groups is 2. The van der Waals surface area contributed by atoms with Crippen LogP contribution in [0.25, 0.3) is 0 Å². The average molecular weight is 339 g/mol. The van der Waals surface area contributed by atoms with Crippen LogP contribution in [-0.2, 0) is 9.53 Å². The minimum atomic E-state index is -0.969. The van der Waals surface area contributed by atoms with E-state index in [1.54, 1.807) is 20.8 Å². The van der Waals surface area contributed by atoms with E-state index in [0.29, 0.717) is 0 Å². The second kappa shape index (κ2) is 6.42. The van der Waals surface area contributed by atoms with Gasteiger partial charge in [0.1, 0.15) is 12.1 Å². The molecule has 1 heterocycles. The van der Waals surface area contributed by atoms with Gasteiger partial charge >= 0.3 is 11.8 Å². The highest BCUT2D eigenvalue weighted by Gasteiger charge is 2.31. The van der Waals surface area contributed by atoms with E-state index in [2.05, 4.69) is 0 Å². The maximum absolute atomic E-state index is 13.4. The molecule has 1 aliphatic heterocycles. The third-order valence-electron chi connectivity index (χ3n) is 3.31. The molecule has 1 saturated heterocycles. The Morgan fingerprint density at radius 1 is 1.33 bits per heavy atom. The van der Waals surface area contributed by atoms with Gasteiger partial charge < -0.3 is 9.64 Å². The SMILES string of the molecule is CC(C)(C)OC(=O)N1CCN(c2ccc(F)c([N+](=O)[O-])c2)C(=O)C1. The van der Waals surface area contributed by atoms with Gasteiger partial charge in [-0.15, -0.1) is 0 Å². The first-order chi connectivity index (χ1) is 11.1. The minimum absolute atomic E-state index is 0.140. The summed E-state index contributed by atoms with van der Waals surface area (Å²) in [5, 5.41) is 10.8. The van der Waals surface area contributed by atoms with Gasteiger partial charge in [0, 0.05) is 19.2 Å². The van der Waals surface area contributed by atoms with Crippen molar-refractivity contribution in [2.24, 2.45) is 0 Å². The van der Waals surface area contributed by atoms with Crippen molar-refractivity contribution in [3.63, 3.8) is 0 Å². The molecule has 0 saturated carbocycles. The zero-order valence-corrected chi connectivity index (χ0v) is 13.6. The normalized spacial score (nSPS) is 15.4. The molecule has 24 heavy (non-hydrogen) atoms. The zero-order valence-electron chi connectivity index (χ0n) is 13.6. The van der Waals surface area contributed by atoms with Crippen LogP contribution in [-0.4, -0.2) is 47.1 Å². The van der Waals surface area contributed by atoms with Gasteiger partial charge in [0.15, 0.2) is 0 Å². The van der Waals surface area contributed by atoms with Gasteiger partial charge in [0.2, 0.25) is 11.7 Å². The fourth-order valence-corrected chi connectivity index (χ4v) is 2.24. The Morgan fingerprint density at radius 2 is 2.00 bits per heavy atom. The van der Waals surface area contributed by atoms with Crippen LogP contribution in [0.3, 0.4) is 0 Å². The Labute approximate surface area is 137 Å². The fourth-order valence-electron chi connectivity index (χ4n) is 2.24. The summed E-state index contributed by atoms with van der Waals surface area (Å²) in [5.41, 5.74) is -1.15. The van der Waals surface area contributed by atoms with Crippen LogP contribution in [0.1, 0.15) is 20.8 Å². The molecule has 0 aromatic heterocycles. The first-order valence-corrected chi connectivity index (χ1v) is 7.31. The number of nitro benzene ring substituents is 1. The van der Waals surface area contributed by atoms with Gasteiger partial charge in [-0.2, -0.15) is 4.39 Å². The number of ether oxygens (including phenoxy) is 1. The number of halogens is 1. The van der Waals surface area contributed by atoms with Crippen molar-refractivity contribution in [2.75, 3.05) is 24.5 Å². The molecule has 1 fully saturated rings. The number of hydrogen-bond acceptors (Lipinski definition) is 5. The predicted octanol–water partition coefficient (Wildman–Crippen LogP) is 2.32. The largest absolute Gasteiger partial charge is 0.444 e. The van der Waals surface area contributed by atoms with E-state index in [0.717, 1.165) is 12.1 Å². The zero-order chi connectivity index (χ0) is 18.1. The molecule has 8 nitrogen and oxygen atoms in total. The summed E-state index contributed by atoms with van der Waals surface area (Å²) in [5.74, 6) is -1.39. The van der Waals surface area contributed by atoms with Gasteiger partial charge in [0.25, 0.3) is 0 Å². The Kier molecular flexibility index (Phi) is 4.72. The van der Waals surface area contributed by atoms with Crippen LogP contribution in [0.5, 0.6) is 0 Å². The van der Waals surface area contributed by atoms with Crippen LogP contribution in [0.15, 0.2) is 18.2 Å². The van der Waals surface area contributed by atoms with Crippen molar-refractivity contribution >= 4 is 23.4 Å². The van der Waals surface area contributed by atoms with E-state index in [1.807, 2.05) is 0 Å². The van der Waals surface area contributed by atoms with Gasteiger partial charge in [-0.25, -0.2) is 4.79 Å². The number of nitro groups is 1. The maximum atomic E-state index is 13.4. The number of benzene rings is 1. The number of rotatable bonds is 2. The molecule has 0 bridgehead atoms. The molecule has 0 spiro atoms. The average Bonchev–Trinajstić information content (AvgIpc) is 2.46. The van der Waals surface area contributed by atoms with Gasteiger partial charge in [-0.05, 0) is 32.9 Å². The molecule has 1 aromatic carbocycles. The summed E-state index contributed by atoms with van der Waals surface area (Å²) in [7, 11) is 0. The smallest absolute Gasteiger partial charge is 0.410 e. The Balaban J connectivity index is 2.12. The number of nitrogens with zero attached hydrogens (tertiary/aromatic N) is 3. The van der Waals surface area contributed by atoms with E-state index < -0.39 is 34.0 Å². The lowest BCUT2D eigenvalue weighted by atomic mass is 10.2. The first kappa shape index (κ1) is 17.6. The van der Waals surface area contributed by atoms with E-state index >= 15 is 0 Å². The minimum Gasteiger partial charge on any atom is -0.444 e. The molecule has 0 unspecified atom stereocenters. The van der Waals surface area contributed by atoms with Crippen LogP contribution in [0, 0.1) is 15.9 Å². The lowest BCUT2D eigenvalue weighted by Gasteiger charge is -2.35. The summed E-state index contributed by atoms with van der Waals surface area (Å²) in [4.78, 5) is 36.7. The van der Waals surface area contributed by atoms with Crippen molar-refractivity contribution in [3.05, 3.63) is 34.1 Å². The van der Waals surface area contributed by atoms with Gasteiger partial charge in [-0.3, -0.25) is 19.8 Å². The van der Waals surface area contributed by atoms with Crippen LogP contribution in [0.2, 0.25) is 0 Å². The lowest BCUT2D eigenvalue weighted by molar-refractivity contribution is -0.387. The van der Waals surface area contributed by atoms with E-state index in [4.69, 9.17) is 4.74 Å². The van der Waals surface area contributed by atoms with Crippen molar-refractivity contribution in [1.82, 2.24) is 4.90 Å². The van der Waals surface area contributed by atoms with Crippen LogP contribution >= 0.6 is 0 Å². The highest BCUT2D eigenvalue weighted by molar-refractivity contribution is 5.97. The maximum Gasteiger partial charge on any atom is 0.410 e. The molecule has 9 heteroatoms. The molecule has 1 aromatic rings. The first-order valence-electron chi connectivity index (χ1n) is 7.31. The summed E-state index contributed by atoms with van der Waals surface area (Å²) >= 11 is 0. The molecule has 0 atom stereocenters. The summed E-state index contributed by atoms with van der Waals surface area (Å²) < 4.78 is 18.6. The van der Waals surface area contributed by atoms with Crippen LogP contribution < -0.4 is 4.90 Å². The Morgan fingerprint density at radius 3 is 2.54 bits per heavy atom. The molecule has 130 valence electrons. The topological polar surface area (TPSA) is 93.0 Å². The molecular weight excluding hydrogens is 321 g/mol. The fraction of sp³-hybridized carbons (Fsp3) is 0.467. The molecule has 2 rings (SSSR count). The number of piperazine rings is 1. The molecule has 0 radical (unpaired) electrons. The number of carbonyl (C=O) groups excluding carboxylic acids is 2. The predicted molar refractivity (Wildman–Crippen MR) is 83.2 cm³/mol. The second-order valence-corrected chi connectivity index (χ2v) is 6.34. The third kappa shape index (κ3) is 3.98. The van der Waals surface area contributed by atoms with Crippen molar-refractivity contribution < 1.29 is 23.6 Å². The van der Waals surface area contributed by atoms with Crippen molar-refractivity contribution in [1.29, 1.82) is 0 Å². The van der Waals surface area contributed by atoms with Crippen LogP contribution in [0.4, 0.5) is 20.6 Å². The highest BCUT2D eigenvalue weighted by atomic mass is 19.1. The van der Waals surface area contributed by atoms with Gasteiger partial charge in [-0.1, -0.05) is 0 Å². The molecule has 1 aliphatic rings. The van der Waals surface area contributed by atoms with Crippen molar-refractivity contribution in [2.45, 2.75) is 26.4 Å².